The summed E-state index contributed by atoms with van der Waals surface area (Å²) in [6.07, 6.45) is 42.5. The first-order chi connectivity index (χ1) is 19.5. The third-order valence-electron chi connectivity index (χ3n) is 7.30. The SMILES string of the molecule is CCCCCCCC/C=C\CCCCCCCC(=O)O.CCCCCCCC/C=C\CCCCCCCC(=O)O.O. The van der Waals surface area contributed by atoms with E-state index in [1.807, 2.05) is 0 Å². The lowest BCUT2D eigenvalue weighted by Crippen LogP contribution is -1.93. The van der Waals surface area contributed by atoms with Crippen molar-refractivity contribution >= 4 is 11.9 Å². The average molecular weight is 583 g/mol. The number of unbranched alkanes of at least 4 members (excludes halogenated alkanes) is 22. The van der Waals surface area contributed by atoms with Crippen molar-refractivity contribution in [1.82, 2.24) is 0 Å². The fourth-order valence-electron chi connectivity index (χ4n) is 4.69. The molecule has 0 aliphatic heterocycles. The van der Waals surface area contributed by atoms with Gasteiger partial charge in [0.15, 0.2) is 0 Å². The van der Waals surface area contributed by atoms with Crippen molar-refractivity contribution in [3.8, 4) is 0 Å². The summed E-state index contributed by atoms with van der Waals surface area (Å²) in [6.45, 7) is 4.52. The van der Waals surface area contributed by atoms with Crippen LogP contribution in [-0.2, 0) is 9.59 Å². The van der Waals surface area contributed by atoms with E-state index in [4.69, 9.17) is 10.2 Å². The van der Waals surface area contributed by atoms with Crippen LogP contribution in [0.2, 0.25) is 0 Å². The first kappa shape index (κ1) is 43.8. The summed E-state index contributed by atoms with van der Waals surface area (Å²) in [5, 5.41) is 17.0. The number of allylic oxidation sites excluding steroid dienone is 4. The summed E-state index contributed by atoms with van der Waals surface area (Å²) in [7, 11) is 0. The Balaban J connectivity index is -0.000000688. The third kappa shape index (κ3) is 48.4. The second-order valence-corrected chi connectivity index (χ2v) is 11.5. The lowest BCUT2D eigenvalue weighted by atomic mass is 10.1. The third-order valence-corrected chi connectivity index (χ3v) is 7.30. The highest BCUT2D eigenvalue weighted by Crippen LogP contribution is 2.11. The lowest BCUT2D eigenvalue weighted by Gasteiger charge is -1.99. The first-order valence-corrected chi connectivity index (χ1v) is 17.3. The van der Waals surface area contributed by atoms with Gasteiger partial charge in [-0.25, -0.2) is 0 Å². The van der Waals surface area contributed by atoms with E-state index in [2.05, 4.69) is 38.2 Å². The topological polar surface area (TPSA) is 106 Å². The Labute approximate surface area is 255 Å². The Kier molecular flexibility index (Phi) is 43.3. The minimum atomic E-state index is -0.664. The van der Waals surface area contributed by atoms with Gasteiger partial charge in [-0.3, -0.25) is 9.59 Å². The number of carboxylic acid groups (broad SMARTS) is 2. The number of carbonyl (C=O) groups is 2. The van der Waals surface area contributed by atoms with Crippen molar-refractivity contribution in [2.45, 2.75) is 194 Å². The number of carboxylic acids is 2. The van der Waals surface area contributed by atoms with E-state index < -0.39 is 11.9 Å². The van der Waals surface area contributed by atoms with E-state index >= 15 is 0 Å². The quantitative estimate of drug-likeness (QED) is 0.0648. The molecule has 0 aliphatic rings. The van der Waals surface area contributed by atoms with E-state index in [0.29, 0.717) is 12.8 Å². The van der Waals surface area contributed by atoms with Gasteiger partial charge in [-0.05, 0) is 64.2 Å². The zero-order valence-electron chi connectivity index (χ0n) is 27.3. The molecule has 0 aromatic rings. The van der Waals surface area contributed by atoms with Crippen molar-refractivity contribution in [3.05, 3.63) is 24.3 Å². The molecule has 0 amide bonds. The molecule has 0 radical (unpaired) electrons. The van der Waals surface area contributed by atoms with Crippen LogP contribution >= 0.6 is 0 Å². The fourth-order valence-corrected chi connectivity index (χ4v) is 4.69. The minimum absolute atomic E-state index is 0. The molecule has 0 saturated heterocycles. The monoisotopic (exact) mass is 583 g/mol. The van der Waals surface area contributed by atoms with Crippen LogP contribution in [0.25, 0.3) is 0 Å². The maximum Gasteiger partial charge on any atom is 0.303 e. The van der Waals surface area contributed by atoms with E-state index in [0.717, 1.165) is 25.7 Å². The molecule has 0 bridgehead atoms. The average Bonchev–Trinajstić information content (AvgIpc) is 2.93. The molecule has 244 valence electrons. The van der Waals surface area contributed by atoms with Gasteiger partial charge in [-0.2, -0.15) is 0 Å². The summed E-state index contributed by atoms with van der Waals surface area (Å²) in [6, 6.07) is 0. The Bertz CT molecular complexity index is 520. The van der Waals surface area contributed by atoms with Gasteiger partial charge < -0.3 is 15.7 Å². The Morgan fingerprint density at radius 1 is 0.390 bits per heavy atom. The normalized spacial score (nSPS) is 11.0. The Hall–Kier alpha value is -1.62. The van der Waals surface area contributed by atoms with Crippen LogP contribution in [0.15, 0.2) is 24.3 Å². The summed E-state index contributed by atoms with van der Waals surface area (Å²) in [5.74, 6) is -1.33. The molecule has 0 spiro atoms. The summed E-state index contributed by atoms with van der Waals surface area (Å²) in [5.41, 5.74) is 0. The molecule has 0 atom stereocenters. The number of hydrogen-bond donors (Lipinski definition) is 2. The lowest BCUT2D eigenvalue weighted by molar-refractivity contribution is -0.138. The van der Waals surface area contributed by atoms with Crippen molar-refractivity contribution in [2.75, 3.05) is 0 Å². The smallest absolute Gasteiger partial charge is 0.303 e. The first-order valence-electron chi connectivity index (χ1n) is 17.3. The van der Waals surface area contributed by atoms with Crippen LogP contribution in [0.3, 0.4) is 0 Å². The van der Waals surface area contributed by atoms with Gasteiger partial charge in [-0.15, -0.1) is 0 Å². The van der Waals surface area contributed by atoms with E-state index in [1.165, 1.54) is 141 Å². The number of rotatable bonds is 30. The molecule has 0 aliphatic carbocycles. The van der Waals surface area contributed by atoms with Crippen LogP contribution in [-0.4, -0.2) is 27.6 Å². The molecule has 5 nitrogen and oxygen atoms in total. The van der Waals surface area contributed by atoms with Gasteiger partial charge in [0, 0.05) is 12.8 Å². The molecule has 0 saturated carbocycles. The molecular weight excluding hydrogens is 512 g/mol. The largest absolute Gasteiger partial charge is 0.481 e. The molecule has 0 fully saturated rings. The van der Waals surface area contributed by atoms with E-state index in [9.17, 15) is 9.59 Å². The van der Waals surface area contributed by atoms with Crippen LogP contribution in [0.5, 0.6) is 0 Å². The van der Waals surface area contributed by atoms with Crippen LogP contribution in [0, 0.1) is 0 Å². The zero-order chi connectivity index (χ0) is 29.8. The summed E-state index contributed by atoms with van der Waals surface area (Å²) < 4.78 is 0. The Morgan fingerprint density at radius 3 is 0.854 bits per heavy atom. The summed E-state index contributed by atoms with van der Waals surface area (Å²) in [4.78, 5) is 20.6. The van der Waals surface area contributed by atoms with Gasteiger partial charge in [-0.1, -0.05) is 141 Å². The highest BCUT2D eigenvalue weighted by molar-refractivity contribution is 5.66. The molecule has 5 heteroatoms. The van der Waals surface area contributed by atoms with Crippen molar-refractivity contribution in [1.29, 1.82) is 0 Å². The van der Waals surface area contributed by atoms with E-state index in [1.54, 1.807) is 0 Å². The molecule has 0 unspecified atom stereocenters. The maximum absolute atomic E-state index is 10.3. The standard InChI is InChI=1S/2C18H34O2.H2O/c2*1-2-3-4-5-6-7-8-9-10-11-12-13-14-15-16-17-18(19)20;/h2*9-10H,2-8,11-17H2,1H3,(H,19,20);1H2/b2*10-9-;. The molecule has 0 aromatic carbocycles. The van der Waals surface area contributed by atoms with Gasteiger partial charge >= 0.3 is 11.9 Å². The highest BCUT2D eigenvalue weighted by Gasteiger charge is 1.97. The Morgan fingerprint density at radius 2 is 0.610 bits per heavy atom. The highest BCUT2D eigenvalue weighted by atomic mass is 16.4. The second kappa shape index (κ2) is 40.5. The van der Waals surface area contributed by atoms with Gasteiger partial charge in [0.25, 0.3) is 0 Å². The van der Waals surface area contributed by atoms with Gasteiger partial charge in [0.1, 0.15) is 0 Å². The van der Waals surface area contributed by atoms with Crippen LogP contribution in [0.1, 0.15) is 194 Å². The number of aliphatic carboxylic acids is 2. The molecule has 0 rings (SSSR count). The maximum atomic E-state index is 10.3. The molecule has 0 aromatic heterocycles. The molecular formula is C36H70O5. The fraction of sp³-hybridized carbons (Fsp3) is 0.833. The zero-order valence-corrected chi connectivity index (χ0v) is 27.3. The van der Waals surface area contributed by atoms with Crippen LogP contribution in [0.4, 0.5) is 0 Å². The van der Waals surface area contributed by atoms with Gasteiger partial charge in [0.05, 0.1) is 0 Å². The van der Waals surface area contributed by atoms with E-state index in [-0.39, 0.29) is 5.48 Å². The van der Waals surface area contributed by atoms with Gasteiger partial charge in [0.2, 0.25) is 0 Å². The van der Waals surface area contributed by atoms with Crippen molar-refractivity contribution < 1.29 is 25.3 Å². The number of hydrogen-bond acceptors (Lipinski definition) is 2. The predicted molar refractivity (Wildman–Crippen MR) is 178 cm³/mol. The summed E-state index contributed by atoms with van der Waals surface area (Å²) >= 11 is 0. The predicted octanol–water partition coefficient (Wildman–Crippen LogP) is 11.4. The van der Waals surface area contributed by atoms with Crippen molar-refractivity contribution in [2.24, 2.45) is 0 Å². The molecule has 4 N–H and O–H groups in total. The second-order valence-electron chi connectivity index (χ2n) is 11.5. The van der Waals surface area contributed by atoms with Crippen LogP contribution < -0.4 is 0 Å². The molecule has 0 heterocycles. The van der Waals surface area contributed by atoms with Crippen molar-refractivity contribution in [3.63, 3.8) is 0 Å². The molecule has 41 heavy (non-hydrogen) atoms. The minimum Gasteiger partial charge on any atom is -0.481 e.